The molecule has 0 spiro atoms. The fraction of sp³-hybridized carbons (Fsp3) is 0.733. The second-order valence-electron chi connectivity index (χ2n) is 9.96. The molecular formula is C30H50O5. The van der Waals surface area contributed by atoms with Gasteiger partial charge in [-0.25, -0.2) is 0 Å². The lowest BCUT2D eigenvalue weighted by molar-refractivity contribution is -0.138. The predicted molar refractivity (Wildman–Crippen MR) is 143 cm³/mol. The first-order valence-electron chi connectivity index (χ1n) is 14.2. The molecule has 1 atom stereocenters. The zero-order valence-electron chi connectivity index (χ0n) is 22.1. The molecule has 0 heterocycles. The van der Waals surface area contributed by atoms with E-state index in [0.29, 0.717) is 25.4 Å². The first kappa shape index (κ1) is 31.0. The number of benzene rings is 1. The second-order valence-corrected chi connectivity index (χ2v) is 9.96. The third-order valence-electron chi connectivity index (χ3n) is 6.76. The van der Waals surface area contributed by atoms with Crippen LogP contribution in [0.2, 0.25) is 0 Å². The summed E-state index contributed by atoms with van der Waals surface area (Å²) in [5.74, 6) is 0.265. The van der Waals surface area contributed by atoms with Gasteiger partial charge in [0, 0.05) is 12.8 Å². The molecule has 5 nitrogen and oxygen atoms in total. The minimum Gasteiger partial charge on any atom is -0.494 e. The van der Waals surface area contributed by atoms with E-state index in [1.165, 1.54) is 69.8 Å². The van der Waals surface area contributed by atoms with E-state index < -0.39 is 11.9 Å². The van der Waals surface area contributed by atoms with Crippen LogP contribution in [0.3, 0.4) is 0 Å². The van der Waals surface area contributed by atoms with Crippen LogP contribution in [-0.2, 0) is 16.0 Å². The summed E-state index contributed by atoms with van der Waals surface area (Å²) in [6, 6.07) is 8.56. The number of hydrogen-bond acceptors (Lipinski definition) is 3. The number of rotatable bonds is 24. The lowest BCUT2D eigenvalue weighted by Crippen LogP contribution is -2.06. The van der Waals surface area contributed by atoms with Crippen molar-refractivity contribution in [1.82, 2.24) is 0 Å². The first-order chi connectivity index (χ1) is 17.0. The van der Waals surface area contributed by atoms with Crippen molar-refractivity contribution in [3.63, 3.8) is 0 Å². The van der Waals surface area contributed by atoms with Crippen molar-refractivity contribution in [2.24, 2.45) is 5.92 Å². The van der Waals surface area contributed by atoms with Gasteiger partial charge in [0.2, 0.25) is 0 Å². The standard InChI is InChI=1S/C30H50O5/c1-2-35-28-23-21-27(22-24-28)25-26(18-14-11-12-16-20-30(33)34)17-13-9-7-5-3-4-6-8-10-15-19-29(31)32/h21-24,26H,2-20,25H2,1H3,(H,31,32)(H,33,34). The number of ether oxygens (including phenoxy) is 1. The Morgan fingerprint density at radius 2 is 1.06 bits per heavy atom. The van der Waals surface area contributed by atoms with Crippen molar-refractivity contribution in [1.29, 1.82) is 0 Å². The molecule has 35 heavy (non-hydrogen) atoms. The number of carboxylic acid groups (broad SMARTS) is 2. The fourth-order valence-corrected chi connectivity index (χ4v) is 4.76. The van der Waals surface area contributed by atoms with Gasteiger partial charge in [0.1, 0.15) is 5.75 Å². The van der Waals surface area contributed by atoms with E-state index in [9.17, 15) is 9.59 Å². The van der Waals surface area contributed by atoms with Crippen LogP contribution in [-0.4, -0.2) is 28.8 Å². The van der Waals surface area contributed by atoms with Crippen molar-refractivity contribution < 1.29 is 24.5 Å². The molecule has 0 radical (unpaired) electrons. The molecular weight excluding hydrogens is 440 g/mol. The van der Waals surface area contributed by atoms with Crippen molar-refractivity contribution in [3.05, 3.63) is 29.8 Å². The molecule has 0 aromatic heterocycles. The van der Waals surface area contributed by atoms with Crippen molar-refractivity contribution in [3.8, 4) is 5.75 Å². The molecule has 1 aromatic carbocycles. The maximum Gasteiger partial charge on any atom is 0.303 e. The molecule has 1 rings (SSSR count). The normalized spacial score (nSPS) is 11.9. The lowest BCUT2D eigenvalue weighted by Gasteiger charge is -2.17. The molecule has 200 valence electrons. The lowest BCUT2D eigenvalue weighted by atomic mass is 9.88. The number of unbranched alkanes of at least 4 members (excludes halogenated alkanes) is 12. The topological polar surface area (TPSA) is 83.8 Å². The summed E-state index contributed by atoms with van der Waals surface area (Å²) in [6.07, 6.45) is 20.4. The Labute approximate surface area is 213 Å². The fourth-order valence-electron chi connectivity index (χ4n) is 4.76. The van der Waals surface area contributed by atoms with Crippen LogP contribution in [0.15, 0.2) is 24.3 Å². The van der Waals surface area contributed by atoms with Gasteiger partial charge in [-0.15, -0.1) is 0 Å². The summed E-state index contributed by atoms with van der Waals surface area (Å²) in [5, 5.41) is 17.5. The minimum atomic E-state index is -0.686. The summed E-state index contributed by atoms with van der Waals surface area (Å²) >= 11 is 0. The van der Waals surface area contributed by atoms with Gasteiger partial charge >= 0.3 is 11.9 Å². The molecule has 0 fully saturated rings. The highest BCUT2D eigenvalue weighted by atomic mass is 16.5. The van der Waals surface area contributed by atoms with Crippen LogP contribution < -0.4 is 4.74 Å². The van der Waals surface area contributed by atoms with E-state index in [1.807, 2.05) is 6.92 Å². The molecule has 0 saturated carbocycles. The summed E-state index contributed by atoms with van der Waals surface area (Å²) in [7, 11) is 0. The quantitative estimate of drug-likeness (QED) is 0.142. The highest BCUT2D eigenvalue weighted by Crippen LogP contribution is 2.24. The zero-order valence-corrected chi connectivity index (χ0v) is 22.1. The third-order valence-corrected chi connectivity index (χ3v) is 6.76. The number of aliphatic carboxylic acids is 2. The van der Waals surface area contributed by atoms with E-state index in [-0.39, 0.29) is 0 Å². The largest absolute Gasteiger partial charge is 0.494 e. The van der Waals surface area contributed by atoms with Gasteiger partial charge in [0.25, 0.3) is 0 Å². The van der Waals surface area contributed by atoms with Gasteiger partial charge in [0.05, 0.1) is 6.61 Å². The minimum absolute atomic E-state index is 0.292. The maximum atomic E-state index is 10.7. The Balaban J connectivity index is 2.23. The van der Waals surface area contributed by atoms with E-state index in [0.717, 1.165) is 50.7 Å². The Morgan fingerprint density at radius 3 is 1.46 bits per heavy atom. The maximum absolute atomic E-state index is 10.7. The molecule has 0 amide bonds. The molecule has 2 N–H and O–H groups in total. The average molecular weight is 491 g/mol. The van der Waals surface area contributed by atoms with E-state index >= 15 is 0 Å². The van der Waals surface area contributed by atoms with Crippen LogP contribution in [0.5, 0.6) is 5.75 Å². The van der Waals surface area contributed by atoms with Crippen molar-refractivity contribution in [2.45, 2.75) is 129 Å². The number of carboxylic acids is 2. The van der Waals surface area contributed by atoms with Crippen LogP contribution >= 0.6 is 0 Å². The van der Waals surface area contributed by atoms with Crippen molar-refractivity contribution in [2.75, 3.05) is 6.61 Å². The Kier molecular flexibility index (Phi) is 18.8. The average Bonchev–Trinajstić information content (AvgIpc) is 2.82. The smallest absolute Gasteiger partial charge is 0.303 e. The monoisotopic (exact) mass is 490 g/mol. The van der Waals surface area contributed by atoms with Gasteiger partial charge in [-0.05, 0) is 49.8 Å². The van der Waals surface area contributed by atoms with Gasteiger partial charge in [0.15, 0.2) is 0 Å². The highest BCUT2D eigenvalue weighted by Gasteiger charge is 2.10. The molecule has 5 heteroatoms. The van der Waals surface area contributed by atoms with Crippen LogP contribution in [0, 0.1) is 5.92 Å². The summed E-state index contributed by atoms with van der Waals surface area (Å²) in [4.78, 5) is 21.2. The summed E-state index contributed by atoms with van der Waals surface area (Å²) in [6.45, 7) is 2.70. The summed E-state index contributed by atoms with van der Waals surface area (Å²) in [5.41, 5.74) is 1.38. The van der Waals surface area contributed by atoms with Gasteiger partial charge in [-0.3, -0.25) is 9.59 Å². The highest BCUT2D eigenvalue weighted by molar-refractivity contribution is 5.66. The van der Waals surface area contributed by atoms with Gasteiger partial charge in [-0.2, -0.15) is 0 Å². The molecule has 1 unspecified atom stereocenters. The molecule has 0 bridgehead atoms. The molecule has 0 aliphatic heterocycles. The van der Waals surface area contributed by atoms with E-state index in [4.69, 9.17) is 14.9 Å². The third kappa shape index (κ3) is 18.9. The number of carbonyl (C=O) groups is 2. The van der Waals surface area contributed by atoms with Crippen LogP contribution in [0.4, 0.5) is 0 Å². The second kappa shape index (κ2) is 21.3. The SMILES string of the molecule is CCOc1ccc(CC(CCCCCCCCCCCCC(=O)O)CCCCCCC(=O)O)cc1. The molecule has 0 aliphatic carbocycles. The first-order valence-corrected chi connectivity index (χ1v) is 14.2. The Bertz CT molecular complexity index is 655. The Morgan fingerprint density at radius 1 is 0.657 bits per heavy atom. The van der Waals surface area contributed by atoms with Gasteiger partial charge < -0.3 is 14.9 Å². The molecule has 1 aromatic rings. The molecule has 0 aliphatic rings. The molecule has 0 saturated heterocycles. The predicted octanol–water partition coefficient (Wildman–Crippen LogP) is 8.44. The van der Waals surface area contributed by atoms with E-state index in [2.05, 4.69) is 24.3 Å². The zero-order chi connectivity index (χ0) is 25.6. The van der Waals surface area contributed by atoms with Gasteiger partial charge in [-0.1, -0.05) is 102 Å². The number of hydrogen-bond donors (Lipinski definition) is 2. The van der Waals surface area contributed by atoms with Crippen LogP contribution in [0.25, 0.3) is 0 Å². The summed E-state index contributed by atoms with van der Waals surface area (Å²) < 4.78 is 5.57. The van der Waals surface area contributed by atoms with E-state index in [1.54, 1.807) is 0 Å². The van der Waals surface area contributed by atoms with Crippen molar-refractivity contribution >= 4 is 11.9 Å². The Hall–Kier alpha value is -2.04. The van der Waals surface area contributed by atoms with Crippen LogP contribution in [0.1, 0.15) is 128 Å².